The van der Waals surface area contributed by atoms with Crippen molar-refractivity contribution < 1.29 is 17.2 Å². The lowest BCUT2D eigenvalue weighted by Gasteiger charge is -2.37. The molecule has 0 radical (unpaired) electrons. The van der Waals surface area contributed by atoms with E-state index in [-0.39, 0.29) is 5.56 Å². The number of alkyl halides is 1. The number of hydrogen-bond acceptors (Lipinski definition) is 4. The van der Waals surface area contributed by atoms with E-state index in [4.69, 9.17) is 0 Å². The van der Waals surface area contributed by atoms with Gasteiger partial charge >= 0.3 is 0 Å². The topological polar surface area (TPSA) is 82.3 Å². The third-order valence-corrected chi connectivity index (χ3v) is 9.11. The molecule has 0 aliphatic heterocycles. The second kappa shape index (κ2) is 8.33. The lowest BCUT2D eigenvalue weighted by molar-refractivity contribution is 0.305. The minimum atomic E-state index is -3.32. The SMILES string of the molecule is CN=S(=O)(C[C@](CF)(N[S@](=O)C(C)(C)C)c1ccccc1F)C(C)(C)C#N. The number of rotatable bonds is 7. The monoisotopic (exact) mass is 419 g/mol. The summed E-state index contributed by atoms with van der Waals surface area (Å²) in [5.74, 6) is -1.22. The van der Waals surface area contributed by atoms with Gasteiger partial charge in [-0.25, -0.2) is 26.3 Å². The van der Waals surface area contributed by atoms with Gasteiger partial charge in [0.15, 0.2) is 0 Å². The number of nitrogens with one attached hydrogen (secondary N) is 1. The molecule has 0 spiro atoms. The Kier molecular flexibility index (Phi) is 7.30. The van der Waals surface area contributed by atoms with Crippen molar-refractivity contribution in [3.05, 3.63) is 35.6 Å². The number of hydrogen-bond donors (Lipinski definition) is 1. The Bertz CT molecular complexity index is 866. The van der Waals surface area contributed by atoms with Crippen molar-refractivity contribution in [3.8, 4) is 6.07 Å². The fourth-order valence-electron chi connectivity index (χ4n) is 2.36. The highest BCUT2D eigenvalue weighted by molar-refractivity contribution is 7.95. The summed E-state index contributed by atoms with van der Waals surface area (Å²) in [6.07, 6.45) is 0. The van der Waals surface area contributed by atoms with E-state index in [0.717, 1.165) is 6.07 Å². The quantitative estimate of drug-likeness (QED) is 0.735. The molecule has 0 aromatic heterocycles. The smallest absolute Gasteiger partial charge is 0.135 e. The third kappa shape index (κ3) is 4.92. The third-order valence-electron chi connectivity index (χ3n) is 4.27. The predicted octanol–water partition coefficient (Wildman–Crippen LogP) is 3.44. The molecule has 9 heteroatoms. The van der Waals surface area contributed by atoms with E-state index in [1.807, 2.05) is 6.07 Å². The molecule has 152 valence electrons. The number of benzene rings is 1. The summed E-state index contributed by atoms with van der Waals surface area (Å²) in [6.45, 7) is 6.74. The van der Waals surface area contributed by atoms with E-state index in [9.17, 15) is 22.5 Å². The fourth-order valence-corrected chi connectivity index (χ4v) is 5.41. The zero-order valence-corrected chi connectivity index (χ0v) is 18.1. The summed E-state index contributed by atoms with van der Waals surface area (Å²) < 4.78 is 59.6. The molecule has 0 saturated carbocycles. The van der Waals surface area contributed by atoms with Gasteiger partial charge in [-0.15, -0.1) is 0 Å². The second-order valence-electron chi connectivity index (χ2n) is 7.77. The van der Waals surface area contributed by atoms with Crippen LogP contribution in [0.3, 0.4) is 0 Å². The van der Waals surface area contributed by atoms with Crippen LogP contribution >= 0.6 is 0 Å². The molecular weight excluding hydrogens is 392 g/mol. The summed E-state index contributed by atoms with van der Waals surface area (Å²) in [6, 6.07) is 7.42. The maximum Gasteiger partial charge on any atom is 0.135 e. The van der Waals surface area contributed by atoms with Crippen LogP contribution in [-0.4, -0.2) is 37.4 Å². The molecule has 0 heterocycles. The van der Waals surface area contributed by atoms with Crippen molar-refractivity contribution >= 4 is 20.7 Å². The van der Waals surface area contributed by atoms with Gasteiger partial charge in [-0.05, 0) is 40.7 Å². The number of halogens is 2. The molecule has 1 aromatic rings. The molecule has 27 heavy (non-hydrogen) atoms. The van der Waals surface area contributed by atoms with Gasteiger partial charge in [0.05, 0.1) is 42.8 Å². The Balaban J connectivity index is 3.70. The van der Waals surface area contributed by atoms with Crippen molar-refractivity contribution in [2.75, 3.05) is 19.5 Å². The molecule has 3 atom stereocenters. The first-order chi connectivity index (χ1) is 12.3. The van der Waals surface area contributed by atoms with E-state index in [1.54, 1.807) is 20.8 Å². The Labute approximate surface area is 163 Å². The fraction of sp³-hybridized carbons (Fsp3) is 0.611. The predicted molar refractivity (Wildman–Crippen MR) is 106 cm³/mol. The molecule has 1 N–H and O–H groups in total. The Morgan fingerprint density at radius 1 is 1.26 bits per heavy atom. The summed E-state index contributed by atoms with van der Waals surface area (Å²) in [5, 5.41) is 9.43. The van der Waals surface area contributed by atoms with Crippen molar-refractivity contribution in [3.63, 3.8) is 0 Å². The first-order valence-corrected chi connectivity index (χ1v) is 11.2. The highest BCUT2D eigenvalue weighted by Gasteiger charge is 2.45. The van der Waals surface area contributed by atoms with Crippen molar-refractivity contribution in [1.82, 2.24) is 4.72 Å². The van der Waals surface area contributed by atoms with Crippen LogP contribution < -0.4 is 4.72 Å². The minimum absolute atomic E-state index is 0.102. The van der Waals surface area contributed by atoms with Crippen LogP contribution in [0.25, 0.3) is 0 Å². The van der Waals surface area contributed by atoms with E-state index in [1.165, 1.54) is 39.1 Å². The number of nitriles is 1. The van der Waals surface area contributed by atoms with Crippen LogP contribution in [0.5, 0.6) is 0 Å². The highest BCUT2D eigenvalue weighted by atomic mass is 32.2. The second-order valence-corrected chi connectivity index (χ2v) is 12.7. The first-order valence-electron chi connectivity index (χ1n) is 8.33. The lowest BCUT2D eigenvalue weighted by Crippen LogP contribution is -2.55. The molecule has 0 saturated heterocycles. The number of nitrogens with zero attached hydrogens (tertiary/aromatic N) is 2. The lowest BCUT2D eigenvalue weighted by atomic mass is 9.94. The average Bonchev–Trinajstić information content (AvgIpc) is 2.60. The molecule has 0 fully saturated rings. The summed E-state index contributed by atoms with van der Waals surface area (Å²) in [5.41, 5.74) is -1.97. The van der Waals surface area contributed by atoms with Gasteiger partial charge in [0.2, 0.25) is 0 Å². The maximum absolute atomic E-state index is 14.6. The van der Waals surface area contributed by atoms with Crippen LogP contribution in [0, 0.1) is 17.1 Å². The molecule has 0 aliphatic carbocycles. The Morgan fingerprint density at radius 3 is 2.22 bits per heavy atom. The maximum atomic E-state index is 14.6. The van der Waals surface area contributed by atoms with Gasteiger partial charge < -0.3 is 0 Å². The van der Waals surface area contributed by atoms with E-state index in [0.29, 0.717) is 0 Å². The average molecular weight is 420 g/mol. The van der Waals surface area contributed by atoms with Crippen molar-refractivity contribution in [2.24, 2.45) is 4.36 Å². The Morgan fingerprint density at radius 2 is 1.81 bits per heavy atom. The highest BCUT2D eigenvalue weighted by Crippen LogP contribution is 2.33. The zero-order valence-electron chi connectivity index (χ0n) is 16.5. The van der Waals surface area contributed by atoms with Gasteiger partial charge in [-0.3, -0.25) is 0 Å². The molecule has 0 aliphatic rings. The summed E-state index contributed by atoms with van der Waals surface area (Å²) >= 11 is 0. The Hall–Kier alpha value is -1.37. The van der Waals surface area contributed by atoms with Crippen LogP contribution in [0.4, 0.5) is 8.78 Å². The van der Waals surface area contributed by atoms with Crippen LogP contribution in [0.1, 0.15) is 40.2 Å². The zero-order chi connectivity index (χ0) is 21.1. The van der Waals surface area contributed by atoms with Gasteiger partial charge in [0.25, 0.3) is 0 Å². The summed E-state index contributed by atoms with van der Waals surface area (Å²) in [7, 11) is -3.82. The molecule has 1 unspecified atom stereocenters. The molecule has 5 nitrogen and oxygen atoms in total. The van der Waals surface area contributed by atoms with Crippen molar-refractivity contribution in [1.29, 1.82) is 5.26 Å². The molecule has 1 rings (SSSR count). The van der Waals surface area contributed by atoms with Crippen LogP contribution in [-0.2, 0) is 26.3 Å². The van der Waals surface area contributed by atoms with Crippen molar-refractivity contribution in [2.45, 2.75) is 49.7 Å². The molecule has 0 amide bonds. The van der Waals surface area contributed by atoms with Gasteiger partial charge in [0.1, 0.15) is 17.2 Å². The van der Waals surface area contributed by atoms with E-state index < -0.39 is 54.0 Å². The minimum Gasteiger partial charge on any atom is -0.249 e. The van der Waals surface area contributed by atoms with Crippen LogP contribution in [0.15, 0.2) is 28.6 Å². The largest absolute Gasteiger partial charge is 0.249 e. The van der Waals surface area contributed by atoms with Crippen LogP contribution in [0.2, 0.25) is 0 Å². The molecule has 1 aromatic carbocycles. The molecule has 0 bridgehead atoms. The first kappa shape index (κ1) is 23.7. The van der Waals surface area contributed by atoms with Gasteiger partial charge in [0, 0.05) is 12.6 Å². The van der Waals surface area contributed by atoms with E-state index in [2.05, 4.69) is 9.08 Å². The van der Waals surface area contributed by atoms with Gasteiger partial charge in [-0.1, -0.05) is 18.2 Å². The van der Waals surface area contributed by atoms with E-state index >= 15 is 0 Å². The normalized spacial score (nSPS) is 18.0. The van der Waals surface area contributed by atoms with Gasteiger partial charge in [-0.2, -0.15) is 5.26 Å². The molecular formula is C18H27F2N3O2S2. The standard InChI is InChI=1S/C18H27F2N3O2S2/c1-16(2,3)26(24)23-18(11-19,14-9-7-8-10-15(14)20)13-27(25,22-6)17(4,5)12-21/h7-10,23H,11,13H2,1-6H3/t18-,26+,27?/m0/s1. The summed E-state index contributed by atoms with van der Waals surface area (Å²) in [4.78, 5) is 0.